The molecule has 0 aliphatic carbocycles. The summed E-state index contributed by atoms with van der Waals surface area (Å²) in [5.74, 6) is 1.29. The summed E-state index contributed by atoms with van der Waals surface area (Å²) in [5.41, 5.74) is 2.07. The Morgan fingerprint density at radius 1 is 0.889 bits per heavy atom. The van der Waals surface area contributed by atoms with E-state index in [2.05, 4.69) is 36.5 Å². The highest BCUT2D eigenvalue weighted by molar-refractivity contribution is 9.10. The second-order valence-corrected chi connectivity index (χ2v) is 8.84. The lowest BCUT2D eigenvalue weighted by Gasteiger charge is -2.12. The molecule has 0 atom stereocenters. The van der Waals surface area contributed by atoms with Gasteiger partial charge in [0.25, 0.3) is 0 Å². The van der Waals surface area contributed by atoms with Gasteiger partial charge in [0.2, 0.25) is 0 Å². The Kier molecular flexibility index (Phi) is 6.08. The van der Waals surface area contributed by atoms with E-state index in [1.165, 1.54) is 6.26 Å². The summed E-state index contributed by atoms with van der Waals surface area (Å²) in [5, 5.41) is 6.53. The maximum atomic E-state index is 11.5. The average Bonchev–Trinajstić information content (AvgIpc) is 2.66. The maximum Gasteiger partial charge on any atom is 0.175 e. The van der Waals surface area contributed by atoms with Gasteiger partial charge >= 0.3 is 0 Å². The van der Waals surface area contributed by atoms with Crippen molar-refractivity contribution < 1.29 is 8.42 Å². The van der Waals surface area contributed by atoms with Gasteiger partial charge in [-0.1, -0.05) is 46.3 Å². The van der Waals surface area contributed by atoms with Crippen molar-refractivity contribution in [2.24, 2.45) is 0 Å². The van der Waals surface area contributed by atoms with Crippen molar-refractivity contribution in [3.05, 3.63) is 76.5 Å². The number of hydrogen-bond acceptors (Lipinski definition) is 6. The van der Waals surface area contributed by atoms with Gasteiger partial charge in [-0.2, -0.15) is 0 Å². The van der Waals surface area contributed by atoms with E-state index in [9.17, 15) is 8.42 Å². The van der Waals surface area contributed by atoms with Crippen LogP contribution in [0.4, 0.5) is 11.6 Å². The second-order valence-electron chi connectivity index (χ2n) is 5.97. The topological polar surface area (TPSA) is 84.0 Å². The van der Waals surface area contributed by atoms with E-state index in [1.807, 2.05) is 24.3 Å². The summed E-state index contributed by atoms with van der Waals surface area (Å²) >= 11 is 3.53. The second kappa shape index (κ2) is 8.49. The number of rotatable bonds is 7. The Morgan fingerprint density at radius 3 is 2.07 bits per heavy atom. The molecule has 0 fully saturated rings. The van der Waals surface area contributed by atoms with Crippen LogP contribution in [-0.4, -0.2) is 24.6 Å². The molecule has 8 heteroatoms. The molecule has 0 spiro atoms. The highest BCUT2D eigenvalue weighted by Gasteiger charge is 2.08. The van der Waals surface area contributed by atoms with Crippen LogP contribution in [0.5, 0.6) is 0 Å². The van der Waals surface area contributed by atoms with Crippen molar-refractivity contribution in [1.82, 2.24) is 9.97 Å². The molecule has 1 heterocycles. The fourth-order valence-corrected chi connectivity index (χ4v) is 3.51. The van der Waals surface area contributed by atoms with Crippen LogP contribution in [0.3, 0.4) is 0 Å². The van der Waals surface area contributed by atoms with E-state index in [1.54, 1.807) is 36.7 Å². The van der Waals surface area contributed by atoms with Gasteiger partial charge in [0.15, 0.2) is 21.5 Å². The molecule has 0 aliphatic rings. The number of nitrogens with zero attached hydrogens (tertiary/aromatic N) is 2. The Morgan fingerprint density at radius 2 is 1.48 bits per heavy atom. The summed E-state index contributed by atoms with van der Waals surface area (Å²) in [6.45, 7) is 1.12. The van der Waals surface area contributed by atoms with Crippen molar-refractivity contribution in [3.8, 4) is 0 Å². The number of aromatic nitrogens is 2. The minimum absolute atomic E-state index is 0.307. The third-order valence-electron chi connectivity index (χ3n) is 3.91. The van der Waals surface area contributed by atoms with E-state index >= 15 is 0 Å². The molecule has 3 rings (SSSR count). The quantitative estimate of drug-likeness (QED) is 0.572. The average molecular weight is 447 g/mol. The summed E-state index contributed by atoms with van der Waals surface area (Å²) in [6.07, 6.45) is 4.45. The van der Waals surface area contributed by atoms with E-state index in [-0.39, 0.29) is 0 Å². The minimum atomic E-state index is -3.19. The molecular weight excluding hydrogens is 428 g/mol. The smallest absolute Gasteiger partial charge is 0.175 e. The summed E-state index contributed by atoms with van der Waals surface area (Å²) in [7, 11) is -3.19. The van der Waals surface area contributed by atoms with Crippen LogP contribution in [0.15, 0.2) is 70.3 Å². The summed E-state index contributed by atoms with van der Waals surface area (Å²) in [4.78, 5) is 9.00. The molecule has 2 aromatic carbocycles. The third-order valence-corrected chi connectivity index (χ3v) is 5.82. The van der Waals surface area contributed by atoms with Gasteiger partial charge in [0.05, 0.1) is 4.90 Å². The number of benzene rings is 2. The predicted molar refractivity (Wildman–Crippen MR) is 110 cm³/mol. The highest BCUT2D eigenvalue weighted by Crippen LogP contribution is 2.20. The Hall–Kier alpha value is -2.45. The number of sulfone groups is 1. The normalized spacial score (nSPS) is 11.2. The van der Waals surface area contributed by atoms with Crippen LogP contribution in [0.1, 0.15) is 11.1 Å². The predicted octanol–water partition coefficient (Wildman–Crippen LogP) is 3.87. The van der Waals surface area contributed by atoms with Crippen LogP contribution in [0.2, 0.25) is 0 Å². The number of halogens is 1. The number of anilines is 2. The number of nitrogens with one attached hydrogen (secondary N) is 2. The lowest BCUT2D eigenvalue weighted by Crippen LogP contribution is -2.09. The van der Waals surface area contributed by atoms with Crippen LogP contribution >= 0.6 is 15.9 Å². The van der Waals surface area contributed by atoms with E-state index < -0.39 is 9.84 Å². The monoisotopic (exact) mass is 446 g/mol. The molecular formula is C19H19BrN4O2S. The fraction of sp³-hybridized carbons (Fsp3) is 0.158. The molecule has 0 unspecified atom stereocenters. The zero-order valence-electron chi connectivity index (χ0n) is 14.7. The van der Waals surface area contributed by atoms with Crippen molar-refractivity contribution in [3.63, 3.8) is 0 Å². The van der Waals surface area contributed by atoms with Gasteiger partial charge < -0.3 is 10.6 Å². The van der Waals surface area contributed by atoms with Crippen LogP contribution in [0, 0.1) is 0 Å². The first-order valence-electron chi connectivity index (χ1n) is 8.24. The molecule has 140 valence electrons. The van der Waals surface area contributed by atoms with Crippen molar-refractivity contribution in [1.29, 1.82) is 0 Å². The lowest BCUT2D eigenvalue weighted by atomic mass is 10.2. The zero-order chi connectivity index (χ0) is 19.3. The van der Waals surface area contributed by atoms with Crippen molar-refractivity contribution in [2.45, 2.75) is 18.0 Å². The van der Waals surface area contributed by atoms with E-state index in [0.29, 0.717) is 29.6 Å². The van der Waals surface area contributed by atoms with Gasteiger partial charge in [0, 0.05) is 36.2 Å². The molecule has 0 radical (unpaired) electrons. The molecule has 0 saturated carbocycles. The first-order chi connectivity index (χ1) is 12.9. The van der Waals surface area contributed by atoms with E-state index in [0.717, 1.165) is 15.6 Å². The molecule has 0 aliphatic heterocycles. The van der Waals surface area contributed by atoms with Gasteiger partial charge in [-0.05, 0) is 29.3 Å². The first kappa shape index (κ1) is 19.3. The van der Waals surface area contributed by atoms with Crippen LogP contribution < -0.4 is 10.6 Å². The van der Waals surface area contributed by atoms with Crippen molar-refractivity contribution >= 4 is 37.4 Å². The van der Waals surface area contributed by atoms with Gasteiger partial charge in [-0.3, -0.25) is 0 Å². The zero-order valence-corrected chi connectivity index (χ0v) is 17.1. The Bertz CT molecular complexity index is 1020. The molecule has 6 nitrogen and oxygen atoms in total. The molecule has 27 heavy (non-hydrogen) atoms. The van der Waals surface area contributed by atoms with Gasteiger partial charge in [0.1, 0.15) is 0 Å². The first-order valence-corrected chi connectivity index (χ1v) is 10.9. The molecule has 1 aromatic heterocycles. The fourth-order valence-electron chi connectivity index (χ4n) is 2.46. The molecule has 0 bridgehead atoms. The largest absolute Gasteiger partial charge is 0.363 e. The van der Waals surface area contributed by atoms with Crippen molar-refractivity contribution in [2.75, 3.05) is 16.9 Å². The Labute approximate surface area is 167 Å². The summed E-state index contributed by atoms with van der Waals surface area (Å²) in [6, 6.07) is 14.8. The molecule has 2 N–H and O–H groups in total. The van der Waals surface area contributed by atoms with Crippen LogP contribution in [-0.2, 0) is 22.9 Å². The van der Waals surface area contributed by atoms with Crippen LogP contribution in [0.25, 0.3) is 0 Å². The minimum Gasteiger partial charge on any atom is -0.363 e. The lowest BCUT2D eigenvalue weighted by molar-refractivity contribution is 0.602. The Balaban J connectivity index is 1.66. The van der Waals surface area contributed by atoms with E-state index in [4.69, 9.17) is 0 Å². The van der Waals surface area contributed by atoms with Gasteiger partial charge in [-0.15, -0.1) is 0 Å². The highest BCUT2D eigenvalue weighted by atomic mass is 79.9. The van der Waals surface area contributed by atoms with Gasteiger partial charge in [-0.25, -0.2) is 18.4 Å². The third kappa shape index (κ3) is 5.27. The SMILES string of the molecule is CS(=O)(=O)c1ccc(CNc2nccnc2NCc2ccccc2Br)cc1. The standard InChI is InChI=1S/C19H19BrN4O2S/c1-27(25,26)16-8-6-14(7-9-16)12-23-18-19(22-11-10-21-18)24-13-15-4-2-3-5-17(15)20/h2-11H,12-13H2,1H3,(H,21,23)(H,22,24). The summed E-state index contributed by atoms with van der Waals surface area (Å²) < 4.78 is 24.1. The molecule has 3 aromatic rings. The maximum absolute atomic E-state index is 11.5. The number of hydrogen-bond donors (Lipinski definition) is 2. The molecule has 0 amide bonds. The molecule has 0 saturated heterocycles.